The van der Waals surface area contributed by atoms with Crippen LogP contribution in [0.25, 0.3) is 0 Å². The van der Waals surface area contributed by atoms with Crippen LogP contribution in [0.2, 0.25) is 0 Å². The van der Waals surface area contributed by atoms with E-state index in [0.717, 1.165) is 13.1 Å². The van der Waals surface area contributed by atoms with Crippen LogP contribution in [0.5, 0.6) is 0 Å². The number of nitrogens with zero attached hydrogens (tertiary/aromatic N) is 3. The molecule has 2 aromatic rings. The summed E-state index contributed by atoms with van der Waals surface area (Å²) in [5.41, 5.74) is 1.65. The van der Waals surface area contributed by atoms with E-state index in [4.69, 9.17) is 0 Å². The summed E-state index contributed by atoms with van der Waals surface area (Å²) >= 11 is 1.19. The van der Waals surface area contributed by atoms with Crippen LogP contribution in [-0.4, -0.2) is 40.0 Å². The maximum Gasteiger partial charge on any atom is 0.272 e. The zero-order valence-corrected chi connectivity index (χ0v) is 13.3. The molecule has 1 unspecified atom stereocenters. The highest BCUT2D eigenvalue weighted by Gasteiger charge is 2.23. The van der Waals surface area contributed by atoms with E-state index in [9.17, 15) is 4.79 Å². The predicted molar refractivity (Wildman–Crippen MR) is 86.8 cm³/mol. The molecular formula is C16H20N4OS. The standard InChI is InChI=1S/C16H20N4OS/c21-16(14-12-22-19-18-14)17-11-15(13-7-3-1-4-8-13)20-9-5-2-6-10-20/h1,3-4,7-8,12,15H,2,5-6,9-11H2,(H,17,21). The van der Waals surface area contributed by atoms with E-state index in [0.29, 0.717) is 12.2 Å². The Labute approximate surface area is 134 Å². The van der Waals surface area contributed by atoms with Gasteiger partial charge < -0.3 is 5.32 Å². The van der Waals surface area contributed by atoms with E-state index < -0.39 is 0 Å². The molecule has 6 heteroatoms. The minimum atomic E-state index is -0.147. The third-order valence-electron chi connectivity index (χ3n) is 4.06. The van der Waals surface area contributed by atoms with E-state index in [2.05, 4.69) is 44.1 Å². The van der Waals surface area contributed by atoms with E-state index in [-0.39, 0.29) is 11.9 Å². The number of aromatic nitrogens is 2. The highest BCUT2D eigenvalue weighted by Crippen LogP contribution is 2.24. The third-order valence-corrected chi connectivity index (χ3v) is 4.57. The van der Waals surface area contributed by atoms with Crippen molar-refractivity contribution in [2.75, 3.05) is 19.6 Å². The first-order valence-corrected chi connectivity index (χ1v) is 8.52. The first-order valence-electron chi connectivity index (χ1n) is 7.69. The van der Waals surface area contributed by atoms with E-state index in [1.54, 1.807) is 5.38 Å². The first kappa shape index (κ1) is 15.1. The lowest BCUT2D eigenvalue weighted by Gasteiger charge is -2.35. The van der Waals surface area contributed by atoms with Gasteiger partial charge in [0, 0.05) is 11.9 Å². The van der Waals surface area contributed by atoms with Gasteiger partial charge in [0.1, 0.15) is 0 Å². The summed E-state index contributed by atoms with van der Waals surface area (Å²) in [7, 11) is 0. The minimum Gasteiger partial charge on any atom is -0.349 e. The van der Waals surface area contributed by atoms with Crippen LogP contribution in [0.3, 0.4) is 0 Å². The van der Waals surface area contributed by atoms with E-state index >= 15 is 0 Å². The number of hydrogen-bond donors (Lipinski definition) is 1. The monoisotopic (exact) mass is 316 g/mol. The molecule has 2 heterocycles. The molecule has 5 nitrogen and oxygen atoms in total. The lowest BCUT2D eigenvalue weighted by Crippen LogP contribution is -2.40. The van der Waals surface area contributed by atoms with Crippen LogP contribution in [0.1, 0.15) is 41.4 Å². The average Bonchev–Trinajstić information content (AvgIpc) is 3.11. The number of hydrogen-bond acceptors (Lipinski definition) is 5. The Morgan fingerprint density at radius 2 is 2.00 bits per heavy atom. The average molecular weight is 316 g/mol. The Kier molecular flexibility index (Phi) is 5.13. The minimum absolute atomic E-state index is 0.147. The number of piperidine rings is 1. The quantitative estimate of drug-likeness (QED) is 0.921. The number of amides is 1. The third kappa shape index (κ3) is 3.69. The summed E-state index contributed by atoms with van der Waals surface area (Å²) in [5.74, 6) is -0.147. The SMILES string of the molecule is O=C(NCC(c1ccccc1)N1CCCCC1)c1csnn1. The molecule has 1 fully saturated rings. The highest BCUT2D eigenvalue weighted by atomic mass is 32.1. The molecule has 0 spiro atoms. The lowest BCUT2D eigenvalue weighted by molar-refractivity contribution is 0.0919. The van der Waals surface area contributed by atoms with Crippen molar-refractivity contribution >= 4 is 17.4 Å². The molecule has 1 aromatic carbocycles. The normalized spacial score (nSPS) is 17.1. The first-order chi connectivity index (χ1) is 10.8. The van der Waals surface area contributed by atoms with Crippen molar-refractivity contribution in [3.05, 3.63) is 47.0 Å². The van der Waals surface area contributed by atoms with Crippen molar-refractivity contribution in [3.63, 3.8) is 0 Å². The number of nitrogens with one attached hydrogen (secondary N) is 1. The van der Waals surface area contributed by atoms with Crippen LogP contribution in [0.15, 0.2) is 35.7 Å². The van der Waals surface area contributed by atoms with Gasteiger partial charge in [-0.2, -0.15) is 0 Å². The maximum absolute atomic E-state index is 12.1. The fraction of sp³-hybridized carbons (Fsp3) is 0.438. The number of rotatable bonds is 5. The Bertz CT molecular complexity index is 581. The van der Waals surface area contributed by atoms with Gasteiger partial charge in [-0.1, -0.05) is 41.2 Å². The summed E-state index contributed by atoms with van der Waals surface area (Å²) in [6.07, 6.45) is 3.76. The molecule has 1 aliphatic heterocycles. The molecule has 1 atom stereocenters. The molecule has 1 saturated heterocycles. The second kappa shape index (κ2) is 7.47. The largest absolute Gasteiger partial charge is 0.349 e. The molecule has 116 valence electrons. The molecule has 1 amide bonds. The van der Waals surface area contributed by atoms with E-state index in [1.807, 2.05) is 6.07 Å². The molecule has 0 radical (unpaired) electrons. The molecule has 1 N–H and O–H groups in total. The molecule has 1 aromatic heterocycles. The zero-order valence-electron chi connectivity index (χ0n) is 12.4. The van der Waals surface area contributed by atoms with Gasteiger partial charge in [0.05, 0.1) is 6.04 Å². The molecule has 22 heavy (non-hydrogen) atoms. The van der Waals surface area contributed by atoms with Gasteiger partial charge in [0.15, 0.2) is 5.69 Å². The summed E-state index contributed by atoms with van der Waals surface area (Å²) in [4.78, 5) is 14.6. The molecule has 3 rings (SSSR count). The smallest absolute Gasteiger partial charge is 0.272 e. The number of carbonyl (C=O) groups is 1. The second-order valence-corrected chi connectivity index (χ2v) is 6.13. The van der Waals surface area contributed by atoms with Gasteiger partial charge in [-0.25, -0.2) is 0 Å². The van der Waals surface area contributed by atoms with E-state index in [1.165, 1.54) is 36.4 Å². The van der Waals surface area contributed by atoms with Crippen LogP contribution >= 0.6 is 11.5 Å². The van der Waals surface area contributed by atoms with Crippen LogP contribution < -0.4 is 5.32 Å². The summed E-state index contributed by atoms with van der Waals surface area (Å²) in [5, 5.41) is 8.50. The Balaban J connectivity index is 1.69. The second-order valence-electron chi connectivity index (χ2n) is 5.52. The van der Waals surface area contributed by atoms with Crippen molar-refractivity contribution in [1.29, 1.82) is 0 Å². The Morgan fingerprint density at radius 3 is 2.68 bits per heavy atom. The number of benzene rings is 1. The maximum atomic E-state index is 12.1. The lowest BCUT2D eigenvalue weighted by atomic mass is 10.0. The van der Waals surface area contributed by atoms with Crippen molar-refractivity contribution in [2.45, 2.75) is 25.3 Å². The van der Waals surface area contributed by atoms with Gasteiger partial charge >= 0.3 is 0 Å². The molecule has 0 aliphatic carbocycles. The fourth-order valence-electron chi connectivity index (χ4n) is 2.91. The van der Waals surface area contributed by atoms with Crippen molar-refractivity contribution in [2.24, 2.45) is 0 Å². The summed E-state index contributed by atoms with van der Waals surface area (Å²) in [6, 6.07) is 10.6. The van der Waals surface area contributed by atoms with Gasteiger partial charge in [-0.05, 0) is 43.0 Å². The van der Waals surface area contributed by atoms with Crippen molar-refractivity contribution in [1.82, 2.24) is 19.8 Å². The van der Waals surface area contributed by atoms with Gasteiger partial charge in [0.25, 0.3) is 5.91 Å². The summed E-state index contributed by atoms with van der Waals surface area (Å²) in [6.45, 7) is 2.78. The molecule has 0 saturated carbocycles. The Hall–Kier alpha value is -1.79. The topological polar surface area (TPSA) is 58.1 Å². The van der Waals surface area contributed by atoms with Crippen LogP contribution in [-0.2, 0) is 0 Å². The Morgan fingerprint density at radius 1 is 1.23 bits per heavy atom. The molecular weight excluding hydrogens is 296 g/mol. The predicted octanol–water partition coefficient (Wildman–Crippen LogP) is 2.50. The molecule has 1 aliphatic rings. The number of likely N-dealkylation sites (tertiary alicyclic amines) is 1. The highest BCUT2D eigenvalue weighted by molar-refractivity contribution is 7.03. The van der Waals surface area contributed by atoms with Gasteiger partial charge in [-0.3, -0.25) is 9.69 Å². The zero-order chi connectivity index (χ0) is 15.2. The number of carbonyl (C=O) groups excluding carboxylic acids is 1. The van der Waals surface area contributed by atoms with Crippen LogP contribution in [0.4, 0.5) is 0 Å². The van der Waals surface area contributed by atoms with Crippen molar-refractivity contribution in [3.8, 4) is 0 Å². The van der Waals surface area contributed by atoms with Crippen molar-refractivity contribution < 1.29 is 4.79 Å². The fourth-order valence-corrected chi connectivity index (χ4v) is 3.34. The summed E-state index contributed by atoms with van der Waals surface area (Å²) < 4.78 is 3.74. The molecule has 0 bridgehead atoms. The van der Waals surface area contributed by atoms with Gasteiger partial charge in [-0.15, -0.1) is 5.10 Å². The van der Waals surface area contributed by atoms with Gasteiger partial charge in [0.2, 0.25) is 0 Å². The van der Waals surface area contributed by atoms with Crippen LogP contribution in [0, 0.1) is 0 Å².